The van der Waals surface area contributed by atoms with Crippen molar-refractivity contribution in [2.24, 2.45) is 0 Å². The number of carbonyl (C=O) groups is 1. The van der Waals surface area contributed by atoms with E-state index < -0.39 is 5.97 Å². The number of benzene rings is 2. The van der Waals surface area contributed by atoms with Crippen LogP contribution < -0.4 is 4.90 Å². The van der Waals surface area contributed by atoms with Crippen LogP contribution in [0, 0.1) is 0 Å². The summed E-state index contributed by atoms with van der Waals surface area (Å²) in [6.45, 7) is 4.03. The Morgan fingerprint density at radius 3 is 2.55 bits per heavy atom. The molecule has 0 aromatic heterocycles. The van der Waals surface area contributed by atoms with E-state index in [0.717, 1.165) is 36.0 Å². The maximum Gasteiger partial charge on any atom is 0.336 e. The largest absolute Gasteiger partial charge is 0.478 e. The molecule has 3 heteroatoms. The average Bonchev–Trinajstić information content (AvgIpc) is 2.47. The molecule has 1 aliphatic rings. The van der Waals surface area contributed by atoms with E-state index in [4.69, 9.17) is 0 Å². The summed E-state index contributed by atoms with van der Waals surface area (Å²) in [6, 6.07) is 11.4. The quantitative estimate of drug-likeness (QED) is 0.843. The van der Waals surface area contributed by atoms with Crippen LogP contribution in [0.3, 0.4) is 0 Å². The van der Waals surface area contributed by atoms with Gasteiger partial charge in [0.2, 0.25) is 0 Å². The molecule has 1 heterocycles. The highest BCUT2D eigenvalue weighted by Gasteiger charge is 2.16. The normalized spacial score (nSPS) is 15.2. The lowest BCUT2D eigenvalue weighted by Gasteiger charge is -2.29. The fourth-order valence-corrected chi connectivity index (χ4v) is 2.73. The van der Waals surface area contributed by atoms with Crippen molar-refractivity contribution in [2.75, 3.05) is 18.0 Å². The van der Waals surface area contributed by atoms with Crippen molar-refractivity contribution in [2.45, 2.75) is 13.3 Å². The highest BCUT2D eigenvalue weighted by Crippen LogP contribution is 2.31. The molecule has 0 saturated carbocycles. The Labute approximate surface area is 118 Å². The molecule has 0 fully saturated rings. The van der Waals surface area contributed by atoms with Gasteiger partial charge in [0.1, 0.15) is 0 Å². The van der Waals surface area contributed by atoms with Gasteiger partial charge in [0.05, 0.1) is 5.56 Å². The summed E-state index contributed by atoms with van der Waals surface area (Å²) < 4.78 is 0. The van der Waals surface area contributed by atoms with Gasteiger partial charge in [-0.25, -0.2) is 4.79 Å². The Morgan fingerprint density at radius 1 is 1.15 bits per heavy atom. The first-order chi connectivity index (χ1) is 9.66. The second-order valence-electron chi connectivity index (χ2n) is 5.23. The van der Waals surface area contributed by atoms with Gasteiger partial charge in [-0.1, -0.05) is 35.9 Å². The van der Waals surface area contributed by atoms with E-state index >= 15 is 0 Å². The maximum atomic E-state index is 11.3. The van der Waals surface area contributed by atoms with Gasteiger partial charge in [-0.15, -0.1) is 0 Å². The summed E-state index contributed by atoms with van der Waals surface area (Å²) in [6.07, 6.45) is 3.30. The maximum absolute atomic E-state index is 11.3. The van der Waals surface area contributed by atoms with Gasteiger partial charge in [-0.2, -0.15) is 0 Å². The van der Waals surface area contributed by atoms with Crippen LogP contribution in [0.25, 0.3) is 10.8 Å². The molecule has 20 heavy (non-hydrogen) atoms. The number of aromatic carboxylic acids is 1. The van der Waals surface area contributed by atoms with Crippen molar-refractivity contribution in [3.8, 4) is 0 Å². The third-order valence-electron chi connectivity index (χ3n) is 3.91. The first kappa shape index (κ1) is 12.7. The number of carboxylic acids is 1. The summed E-state index contributed by atoms with van der Waals surface area (Å²) in [5.74, 6) is -0.873. The van der Waals surface area contributed by atoms with Crippen LogP contribution in [-0.4, -0.2) is 24.2 Å². The van der Waals surface area contributed by atoms with Crippen molar-refractivity contribution in [3.63, 3.8) is 0 Å². The molecule has 0 unspecified atom stereocenters. The summed E-state index contributed by atoms with van der Waals surface area (Å²) >= 11 is 0. The minimum absolute atomic E-state index is 0.369. The van der Waals surface area contributed by atoms with Crippen molar-refractivity contribution >= 4 is 22.4 Å². The number of anilines is 1. The summed E-state index contributed by atoms with van der Waals surface area (Å²) in [7, 11) is 0. The number of hydrogen-bond acceptors (Lipinski definition) is 2. The monoisotopic (exact) mass is 267 g/mol. The smallest absolute Gasteiger partial charge is 0.336 e. The molecule has 0 amide bonds. The first-order valence-corrected chi connectivity index (χ1v) is 6.82. The van der Waals surface area contributed by atoms with Gasteiger partial charge in [0.25, 0.3) is 0 Å². The van der Waals surface area contributed by atoms with Crippen molar-refractivity contribution in [3.05, 3.63) is 53.6 Å². The third-order valence-corrected chi connectivity index (χ3v) is 3.91. The van der Waals surface area contributed by atoms with Crippen LogP contribution in [-0.2, 0) is 0 Å². The molecule has 0 radical (unpaired) electrons. The summed E-state index contributed by atoms with van der Waals surface area (Å²) in [5, 5.41) is 11.1. The Hall–Kier alpha value is -2.29. The number of rotatable bonds is 2. The fourth-order valence-electron chi connectivity index (χ4n) is 2.73. The van der Waals surface area contributed by atoms with Gasteiger partial charge in [-0.3, -0.25) is 0 Å². The van der Waals surface area contributed by atoms with Gasteiger partial charge in [0.15, 0.2) is 0 Å². The molecule has 1 N–H and O–H groups in total. The van der Waals surface area contributed by atoms with Crippen LogP contribution in [0.2, 0.25) is 0 Å². The van der Waals surface area contributed by atoms with Crippen LogP contribution in [0.5, 0.6) is 0 Å². The molecule has 3 nitrogen and oxygen atoms in total. The lowest BCUT2D eigenvalue weighted by atomic mass is 10.0. The number of hydrogen-bond donors (Lipinski definition) is 1. The summed E-state index contributed by atoms with van der Waals surface area (Å²) in [4.78, 5) is 13.6. The van der Waals surface area contributed by atoms with Crippen molar-refractivity contribution in [1.82, 2.24) is 0 Å². The van der Waals surface area contributed by atoms with Crippen LogP contribution in [0.1, 0.15) is 23.7 Å². The highest BCUT2D eigenvalue weighted by atomic mass is 16.4. The highest BCUT2D eigenvalue weighted by molar-refractivity contribution is 6.07. The number of carboxylic acid groups (broad SMARTS) is 1. The van der Waals surface area contributed by atoms with Crippen LogP contribution >= 0.6 is 0 Å². The lowest BCUT2D eigenvalue weighted by Crippen LogP contribution is -2.28. The molecule has 102 valence electrons. The Morgan fingerprint density at radius 2 is 1.90 bits per heavy atom. The van der Waals surface area contributed by atoms with Gasteiger partial charge in [0, 0.05) is 24.2 Å². The molecule has 2 aromatic carbocycles. The minimum atomic E-state index is -0.873. The molecule has 3 rings (SSSR count). The van der Waals surface area contributed by atoms with E-state index in [1.165, 1.54) is 5.57 Å². The lowest BCUT2D eigenvalue weighted by molar-refractivity contribution is 0.0699. The number of fused-ring (bicyclic) bond motifs is 1. The predicted octanol–water partition coefficient (Wildman–Crippen LogP) is 3.69. The van der Waals surface area contributed by atoms with Crippen molar-refractivity contribution < 1.29 is 9.90 Å². The number of nitrogens with zero attached hydrogens (tertiary/aromatic N) is 1. The molecule has 0 bridgehead atoms. The summed E-state index contributed by atoms with van der Waals surface area (Å²) in [5.41, 5.74) is 2.91. The fraction of sp³-hybridized carbons (Fsp3) is 0.235. The third kappa shape index (κ3) is 2.16. The Balaban J connectivity index is 2.13. The molecule has 0 spiro atoms. The zero-order chi connectivity index (χ0) is 14.1. The average molecular weight is 267 g/mol. The molecule has 0 atom stereocenters. The molecular formula is C17H17NO2. The van der Waals surface area contributed by atoms with Crippen LogP contribution in [0.4, 0.5) is 5.69 Å². The van der Waals surface area contributed by atoms with E-state index in [1.807, 2.05) is 30.3 Å². The minimum Gasteiger partial charge on any atom is -0.478 e. The second kappa shape index (κ2) is 5.00. The van der Waals surface area contributed by atoms with E-state index in [9.17, 15) is 9.90 Å². The molecule has 2 aromatic rings. The SMILES string of the molecule is CC1=CCN(c2ccc(C(=O)O)c3ccccc23)CC1. The van der Waals surface area contributed by atoms with Gasteiger partial charge < -0.3 is 10.0 Å². The van der Waals surface area contributed by atoms with E-state index in [2.05, 4.69) is 17.9 Å². The van der Waals surface area contributed by atoms with E-state index in [-0.39, 0.29) is 0 Å². The van der Waals surface area contributed by atoms with E-state index in [1.54, 1.807) is 6.07 Å². The standard InChI is InChI=1S/C17H17NO2/c1-12-8-10-18(11-9-12)16-7-6-15(17(19)20)13-4-2-3-5-14(13)16/h2-8H,9-11H2,1H3,(H,19,20). The zero-order valence-electron chi connectivity index (χ0n) is 11.5. The second-order valence-corrected chi connectivity index (χ2v) is 5.23. The topological polar surface area (TPSA) is 40.5 Å². The van der Waals surface area contributed by atoms with Gasteiger partial charge in [-0.05, 0) is 30.9 Å². The predicted molar refractivity (Wildman–Crippen MR) is 81.5 cm³/mol. The first-order valence-electron chi connectivity index (χ1n) is 6.82. The molecule has 0 saturated heterocycles. The molecule has 0 aliphatic carbocycles. The van der Waals surface area contributed by atoms with Gasteiger partial charge >= 0.3 is 5.97 Å². The van der Waals surface area contributed by atoms with E-state index in [0.29, 0.717) is 5.56 Å². The van der Waals surface area contributed by atoms with Crippen LogP contribution in [0.15, 0.2) is 48.0 Å². The Kier molecular flexibility index (Phi) is 3.18. The Bertz CT molecular complexity index is 703. The zero-order valence-corrected chi connectivity index (χ0v) is 11.5. The molecule has 1 aliphatic heterocycles. The van der Waals surface area contributed by atoms with Crippen molar-refractivity contribution in [1.29, 1.82) is 0 Å². The molecular weight excluding hydrogens is 250 g/mol.